The summed E-state index contributed by atoms with van der Waals surface area (Å²) in [5.41, 5.74) is -2.92. The molecule has 6 unspecified atom stereocenters. The molecule has 0 aromatic carbocycles. The van der Waals surface area contributed by atoms with Gasteiger partial charge in [0.25, 0.3) is 0 Å². The molecule has 0 aromatic heterocycles. The summed E-state index contributed by atoms with van der Waals surface area (Å²) in [4.78, 5) is 24.1. The maximum atomic E-state index is 15.1. The fourth-order valence-corrected chi connectivity index (χ4v) is 6.93. The van der Waals surface area contributed by atoms with Crippen LogP contribution < -0.4 is 0 Å². The number of Topliss-reactive ketones (excluding diaryl/α,β-unsaturated/α-hetero) is 1. The molecular weight excluding hydrogens is 351 g/mol. The van der Waals surface area contributed by atoms with Crippen LogP contribution >= 0.6 is 0 Å². The number of aliphatic hydroxyl groups excluding tert-OH is 2. The van der Waals surface area contributed by atoms with E-state index >= 15 is 4.39 Å². The molecule has 8 atom stereocenters. The van der Waals surface area contributed by atoms with Gasteiger partial charge in [-0.05, 0) is 55.2 Å². The summed E-state index contributed by atoms with van der Waals surface area (Å²) >= 11 is 0. The molecule has 4 aliphatic rings. The zero-order valence-electron chi connectivity index (χ0n) is 15.7. The third-order valence-electron chi connectivity index (χ3n) is 8.23. The van der Waals surface area contributed by atoms with Crippen molar-refractivity contribution in [2.45, 2.75) is 57.4 Å². The number of alkyl halides is 1. The number of ketones is 2. The normalized spacial score (nSPS) is 51.3. The van der Waals surface area contributed by atoms with E-state index in [-0.39, 0.29) is 42.8 Å². The predicted molar refractivity (Wildman–Crippen MR) is 95.3 cm³/mol. The summed E-state index contributed by atoms with van der Waals surface area (Å²) in [5.74, 6) is -1.48. The number of carbonyl (C=O) groups is 2. The van der Waals surface area contributed by atoms with E-state index < -0.39 is 41.1 Å². The van der Waals surface area contributed by atoms with Gasteiger partial charge >= 0.3 is 0 Å². The minimum absolute atomic E-state index is 0.131. The lowest BCUT2D eigenvalue weighted by Gasteiger charge is -2.60. The third kappa shape index (κ3) is 2.26. The van der Waals surface area contributed by atoms with Crippen LogP contribution in [-0.2, 0) is 9.59 Å². The highest BCUT2D eigenvalue weighted by Gasteiger charge is 2.68. The summed E-state index contributed by atoms with van der Waals surface area (Å²) in [7, 11) is 0. The van der Waals surface area contributed by atoms with Crippen LogP contribution in [0.5, 0.6) is 0 Å². The van der Waals surface area contributed by atoms with Crippen LogP contribution in [-0.4, -0.2) is 51.4 Å². The molecule has 3 saturated carbocycles. The quantitative estimate of drug-likeness (QED) is 0.677. The Kier molecular flexibility index (Phi) is 4.09. The SMILES string of the molecule is CC12C=CC(=O)C=C1[C@@H](F)CC1C2C(O)CC2(C)C1CC[C@]2(O)C(=O)CO. The average molecular weight is 378 g/mol. The van der Waals surface area contributed by atoms with E-state index in [1.54, 1.807) is 13.0 Å². The van der Waals surface area contributed by atoms with Crippen molar-refractivity contribution in [1.29, 1.82) is 0 Å². The van der Waals surface area contributed by atoms with Gasteiger partial charge in [0.15, 0.2) is 11.6 Å². The second-order valence-corrected chi connectivity index (χ2v) is 9.29. The number of carbonyl (C=O) groups excluding carboxylic acids is 2. The van der Waals surface area contributed by atoms with E-state index in [2.05, 4.69) is 0 Å². The monoisotopic (exact) mass is 378 g/mol. The standard InChI is InChI=1S/C21H27FO5/c1-19-5-3-11(24)7-14(19)15(22)8-12-13-4-6-21(27,17(26)10-23)20(13,2)9-16(25)18(12)19/h3,5,7,12-13,15-16,18,23,25,27H,4,6,8-10H2,1-2H3/t12?,13?,15-,16?,18?,19?,20?,21-/m0/s1. The molecule has 4 rings (SSSR count). The van der Waals surface area contributed by atoms with Crippen molar-refractivity contribution in [2.75, 3.05) is 6.61 Å². The molecule has 0 bridgehead atoms. The number of hydrogen-bond acceptors (Lipinski definition) is 5. The van der Waals surface area contributed by atoms with Gasteiger partial charge in [0.1, 0.15) is 18.4 Å². The smallest absolute Gasteiger partial charge is 0.190 e. The van der Waals surface area contributed by atoms with Crippen molar-refractivity contribution in [2.24, 2.45) is 28.6 Å². The van der Waals surface area contributed by atoms with E-state index in [0.29, 0.717) is 12.0 Å². The Balaban J connectivity index is 1.78. The largest absolute Gasteiger partial charge is 0.393 e. The minimum Gasteiger partial charge on any atom is -0.393 e. The molecule has 0 aromatic rings. The van der Waals surface area contributed by atoms with Crippen LogP contribution in [0.3, 0.4) is 0 Å². The molecule has 0 spiro atoms. The topological polar surface area (TPSA) is 94.8 Å². The van der Waals surface area contributed by atoms with Gasteiger partial charge in [-0.1, -0.05) is 19.9 Å². The van der Waals surface area contributed by atoms with Gasteiger partial charge in [-0.25, -0.2) is 4.39 Å². The fourth-order valence-electron chi connectivity index (χ4n) is 6.93. The number of aliphatic hydroxyl groups is 3. The highest BCUT2D eigenvalue weighted by atomic mass is 19.1. The Morgan fingerprint density at radius 3 is 2.74 bits per heavy atom. The van der Waals surface area contributed by atoms with Gasteiger partial charge in [-0.15, -0.1) is 0 Å². The zero-order chi connectivity index (χ0) is 19.8. The van der Waals surface area contributed by atoms with Gasteiger partial charge < -0.3 is 15.3 Å². The van der Waals surface area contributed by atoms with Crippen molar-refractivity contribution in [3.05, 3.63) is 23.8 Å². The predicted octanol–water partition coefficient (Wildman–Crippen LogP) is 1.51. The van der Waals surface area contributed by atoms with Crippen molar-refractivity contribution < 1.29 is 29.3 Å². The van der Waals surface area contributed by atoms with Crippen LogP contribution in [0.15, 0.2) is 23.8 Å². The molecule has 0 heterocycles. The lowest BCUT2D eigenvalue weighted by atomic mass is 9.46. The van der Waals surface area contributed by atoms with Crippen LogP contribution in [0.25, 0.3) is 0 Å². The maximum absolute atomic E-state index is 15.1. The summed E-state index contributed by atoms with van der Waals surface area (Å²) < 4.78 is 15.1. The Morgan fingerprint density at radius 2 is 2.07 bits per heavy atom. The molecule has 27 heavy (non-hydrogen) atoms. The summed E-state index contributed by atoms with van der Waals surface area (Å²) in [6, 6.07) is 0. The molecule has 3 N–H and O–H groups in total. The van der Waals surface area contributed by atoms with Crippen molar-refractivity contribution in [3.63, 3.8) is 0 Å². The first-order chi connectivity index (χ1) is 12.6. The first-order valence-corrected chi connectivity index (χ1v) is 9.72. The van der Waals surface area contributed by atoms with Gasteiger partial charge in [0.2, 0.25) is 0 Å². The first-order valence-electron chi connectivity index (χ1n) is 9.72. The first kappa shape index (κ1) is 19.0. The number of halogens is 1. The molecule has 0 aliphatic heterocycles. The van der Waals surface area contributed by atoms with Crippen molar-refractivity contribution in [1.82, 2.24) is 0 Å². The molecule has 0 saturated heterocycles. The van der Waals surface area contributed by atoms with Gasteiger partial charge in [0, 0.05) is 16.7 Å². The maximum Gasteiger partial charge on any atom is 0.190 e. The van der Waals surface area contributed by atoms with E-state index in [4.69, 9.17) is 0 Å². The lowest BCUT2D eigenvalue weighted by molar-refractivity contribution is -0.180. The third-order valence-corrected chi connectivity index (χ3v) is 8.23. The fraction of sp³-hybridized carbons (Fsp3) is 0.714. The summed E-state index contributed by atoms with van der Waals surface area (Å²) in [5, 5.41) is 31.6. The van der Waals surface area contributed by atoms with Gasteiger partial charge in [-0.3, -0.25) is 9.59 Å². The highest BCUT2D eigenvalue weighted by molar-refractivity contribution is 6.01. The van der Waals surface area contributed by atoms with Crippen LogP contribution in [0.1, 0.15) is 39.5 Å². The molecule has 5 nitrogen and oxygen atoms in total. The number of allylic oxidation sites excluding steroid dienone is 4. The Bertz CT molecular complexity index is 760. The van der Waals surface area contributed by atoms with Crippen LogP contribution in [0.4, 0.5) is 4.39 Å². The van der Waals surface area contributed by atoms with Crippen molar-refractivity contribution >= 4 is 11.6 Å². The Morgan fingerprint density at radius 1 is 1.37 bits per heavy atom. The average Bonchev–Trinajstić information content (AvgIpc) is 2.87. The molecule has 6 heteroatoms. The summed E-state index contributed by atoms with van der Waals surface area (Å²) in [6.45, 7) is 2.92. The lowest BCUT2D eigenvalue weighted by Crippen LogP contribution is -2.62. The van der Waals surface area contributed by atoms with E-state index in [0.717, 1.165) is 0 Å². The second kappa shape index (κ2) is 5.82. The van der Waals surface area contributed by atoms with Crippen molar-refractivity contribution in [3.8, 4) is 0 Å². The second-order valence-electron chi connectivity index (χ2n) is 9.29. The number of rotatable bonds is 2. The molecule has 0 radical (unpaired) electrons. The van der Waals surface area contributed by atoms with Crippen LogP contribution in [0, 0.1) is 28.6 Å². The molecule has 0 amide bonds. The number of hydrogen-bond donors (Lipinski definition) is 3. The zero-order valence-corrected chi connectivity index (χ0v) is 15.7. The number of fused-ring (bicyclic) bond motifs is 5. The van der Waals surface area contributed by atoms with Gasteiger partial charge in [-0.2, -0.15) is 0 Å². The molecular formula is C21H27FO5. The highest BCUT2D eigenvalue weighted by Crippen LogP contribution is 2.67. The molecule has 3 fully saturated rings. The summed E-state index contributed by atoms with van der Waals surface area (Å²) in [6.07, 6.45) is 3.55. The Hall–Kier alpha value is -1.37. The van der Waals surface area contributed by atoms with Gasteiger partial charge in [0.05, 0.1) is 6.10 Å². The minimum atomic E-state index is -1.69. The van der Waals surface area contributed by atoms with E-state index in [9.17, 15) is 24.9 Å². The molecule has 148 valence electrons. The van der Waals surface area contributed by atoms with E-state index in [1.165, 1.54) is 12.2 Å². The van der Waals surface area contributed by atoms with E-state index in [1.807, 2.05) is 6.92 Å². The Labute approximate surface area is 158 Å². The molecule has 4 aliphatic carbocycles. The van der Waals surface area contributed by atoms with Crippen LogP contribution in [0.2, 0.25) is 0 Å².